The molecule has 2 heterocycles. The molecule has 6 heteroatoms. The summed E-state index contributed by atoms with van der Waals surface area (Å²) >= 11 is 0. The van der Waals surface area contributed by atoms with Crippen molar-refractivity contribution >= 4 is 11.9 Å². The van der Waals surface area contributed by atoms with Crippen LogP contribution in [0.5, 0.6) is 0 Å². The maximum atomic E-state index is 12.1. The summed E-state index contributed by atoms with van der Waals surface area (Å²) in [7, 11) is 0. The summed E-state index contributed by atoms with van der Waals surface area (Å²) in [5.41, 5.74) is 1.90. The first-order valence-corrected chi connectivity index (χ1v) is 7.86. The van der Waals surface area contributed by atoms with Gasteiger partial charge in [-0.3, -0.25) is 0 Å². The Morgan fingerprint density at radius 3 is 2.62 bits per heavy atom. The molecule has 1 aliphatic rings. The second-order valence-corrected chi connectivity index (χ2v) is 5.17. The van der Waals surface area contributed by atoms with E-state index < -0.39 is 0 Å². The van der Waals surface area contributed by atoms with Gasteiger partial charge in [-0.2, -0.15) is 5.10 Å². The van der Waals surface area contributed by atoms with Crippen LogP contribution in [0.25, 0.3) is 0 Å². The van der Waals surface area contributed by atoms with E-state index in [0.717, 1.165) is 50.0 Å². The molecule has 1 fully saturated rings. The first-order chi connectivity index (χ1) is 10.2. The van der Waals surface area contributed by atoms with Gasteiger partial charge in [-0.05, 0) is 39.0 Å². The Labute approximate surface area is 125 Å². The van der Waals surface area contributed by atoms with Gasteiger partial charge in [0, 0.05) is 6.54 Å². The highest BCUT2D eigenvalue weighted by molar-refractivity contribution is 5.79. The van der Waals surface area contributed by atoms with Crippen LogP contribution in [-0.4, -0.2) is 40.3 Å². The number of aromatic nitrogens is 3. The zero-order chi connectivity index (χ0) is 15.2. The minimum absolute atomic E-state index is 0.182. The molecule has 0 N–H and O–H groups in total. The Hall–Kier alpha value is -1.72. The lowest BCUT2D eigenvalue weighted by atomic mass is 10.0. The van der Waals surface area contributed by atoms with Crippen LogP contribution in [0.15, 0.2) is 0 Å². The van der Waals surface area contributed by atoms with Crippen molar-refractivity contribution in [2.24, 2.45) is 0 Å². The molecule has 116 valence electrons. The van der Waals surface area contributed by atoms with Crippen LogP contribution >= 0.6 is 0 Å². The van der Waals surface area contributed by atoms with Crippen molar-refractivity contribution in [3.63, 3.8) is 0 Å². The smallest absolute Gasteiger partial charge is 0.328 e. The molecule has 2 rings (SSSR count). The monoisotopic (exact) mass is 292 g/mol. The highest BCUT2D eigenvalue weighted by Gasteiger charge is 2.32. The predicted molar refractivity (Wildman–Crippen MR) is 80.2 cm³/mol. The standard InChI is InChI=1S/C15H24N4O2/c1-4-11-12(5-2)17-18-15(16-11)19-10-8-7-9-13(19)14(20)21-6-3/h13H,4-10H2,1-3H3. The fraction of sp³-hybridized carbons (Fsp3) is 0.733. The second kappa shape index (κ2) is 7.33. The molecule has 0 radical (unpaired) electrons. The van der Waals surface area contributed by atoms with Gasteiger partial charge in [-0.25, -0.2) is 9.78 Å². The molecule has 1 atom stereocenters. The van der Waals surface area contributed by atoms with Crippen molar-refractivity contribution in [3.8, 4) is 0 Å². The quantitative estimate of drug-likeness (QED) is 0.772. The van der Waals surface area contributed by atoms with Gasteiger partial charge >= 0.3 is 5.97 Å². The first-order valence-electron chi connectivity index (χ1n) is 7.86. The maximum absolute atomic E-state index is 12.1. The minimum Gasteiger partial charge on any atom is -0.464 e. The fourth-order valence-electron chi connectivity index (χ4n) is 2.70. The van der Waals surface area contributed by atoms with Crippen LogP contribution < -0.4 is 4.90 Å². The van der Waals surface area contributed by atoms with Gasteiger partial charge in [-0.15, -0.1) is 5.10 Å². The van der Waals surface area contributed by atoms with Crippen molar-refractivity contribution in [2.75, 3.05) is 18.1 Å². The van der Waals surface area contributed by atoms with E-state index in [4.69, 9.17) is 4.74 Å². The molecule has 0 bridgehead atoms. The third-order valence-electron chi connectivity index (χ3n) is 3.82. The van der Waals surface area contributed by atoms with Crippen LogP contribution in [-0.2, 0) is 22.4 Å². The third kappa shape index (κ3) is 3.49. The number of ether oxygens (including phenoxy) is 1. The zero-order valence-electron chi connectivity index (χ0n) is 13.1. The van der Waals surface area contributed by atoms with Crippen molar-refractivity contribution in [2.45, 2.75) is 58.9 Å². The topological polar surface area (TPSA) is 68.2 Å². The summed E-state index contributed by atoms with van der Waals surface area (Å²) in [6, 6.07) is -0.280. The molecular weight excluding hydrogens is 268 g/mol. The minimum atomic E-state index is -0.280. The molecule has 0 aromatic carbocycles. The highest BCUT2D eigenvalue weighted by atomic mass is 16.5. The van der Waals surface area contributed by atoms with Gasteiger partial charge in [0.25, 0.3) is 0 Å². The van der Waals surface area contributed by atoms with Gasteiger partial charge in [0.15, 0.2) is 0 Å². The summed E-state index contributed by atoms with van der Waals surface area (Å²) in [5.74, 6) is 0.375. The molecule has 1 aromatic heterocycles. The third-order valence-corrected chi connectivity index (χ3v) is 3.82. The van der Waals surface area contributed by atoms with Gasteiger partial charge in [0.05, 0.1) is 18.0 Å². The molecule has 1 aromatic rings. The van der Waals surface area contributed by atoms with Crippen LogP contribution in [0.2, 0.25) is 0 Å². The Bertz CT molecular complexity index is 493. The van der Waals surface area contributed by atoms with E-state index >= 15 is 0 Å². The Kier molecular flexibility index (Phi) is 5.47. The molecule has 0 saturated carbocycles. The summed E-state index contributed by atoms with van der Waals surface area (Å²) < 4.78 is 5.18. The van der Waals surface area contributed by atoms with Gasteiger partial charge in [-0.1, -0.05) is 13.8 Å². The van der Waals surface area contributed by atoms with E-state index in [0.29, 0.717) is 12.6 Å². The lowest BCUT2D eigenvalue weighted by molar-refractivity contribution is -0.145. The van der Waals surface area contributed by atoms with E-state index in [1.54, 1.807) is 0 Å². The average Bonchev–Trinajstić information content (AvgIpc) is 2.54. The van der Waals surface area contributed by atoms with Crippen molar-refractivity contribution in [1.29, 1.82) is 0 Å². The Morgan fingerprint density at radius 1 is 1.19 bits per heavy atom. The Balaban J connectivity index is 2.26. The van der Waals surface area contributed by atoms with Gasteiger partial charge in [0.1, 0.15) is 6.04 Å². The van der Waals surface area contributed by atoms with Crippen LogP contribution in [0, 0.1) is 0 Å². The highest BCUT2D eigenvalue weighted by Crippen LogP contribution is 2.23. The number of carbonyl (C=O) groups is 1. The van der Waals surface area contributed by atoms with E-state index in [2.05, 4.69) is 22.1 Å². The number of hydrogen-bond donors (Lipinski definition) is 0. The predicted octanol–water partition coefficient (Wildman–Crippen LogP) is 1.92. The summed E-state index contributed by atoms with van der Waals surface area (Å²) in [5, 5.41) is 8.51. The number of piperidine rings is 1. The second-order valence-electron chi connectivity index (χ2n) is 5.17. The molecule has 0 spiro atoms. The number of hydrogen-bond acceptors (Lipinski definition) is 6. The molecule has 0 aliphatic carbocycles. The van der Waals surface area contributed by atoms with Crippen LogP contribution in [0.3, 0.4) is 0 Å². The van der Waals surface area contributed by atoms with E-state index in [1.807, 2.05) is 18.7 Å². The lowest BCUT2D eigenvalue weighted by Gasteiger charge is -2.33. The molecule has 0 amide bonds. The molecular formula is C15H24N4O2. The number of aryl methyl sites for hydroxylation is 2. The number of nitrogens with zero attached hydrogens (tertiary/aromatic N) is 4. The van der Waals surface area contributed by atoms with Gasteiger partial charge in [0.2, 0.25) is 5.95 Å². The van der Waals surface area contributed by atoms with Crippen molar-refractivity contribution in [1.82, 2.24) is 15.2 Å². The number of carbonyl (C=O) groups excluding carboxylic acids is 1. The summed E-state index contributed by atoms with van der Waals surface area (Å²) in [6.45, 7) is 7.12. The largest absolute Gasteiger partial charge is 0.464 e. The molecule has 1 aliphatic heterocycles. The fourth-order valence-corrected chi connectivity index (χ4v) is 2.70. The number of anilines is 1. The lowest BCUT2D eigenvalue weighted by Crippen LogP contribution is -2.46. The maximum Gasteiger partial charge on any atom is 0.328 e. The average molecular weight is 292 g/mol. The molecule has 21 heavy (non-hydrogen) atoms. The van der Waals surface area contributed by atoms with E-state index in [9.17, 15) is 4.79 Å². The van der Waals surface area contributed by atoms with Crippen LogP contribution in [0.1, 0.15) is 51.4 Å². The van der Waals surface area contributed by atoms with E-state index in [1.165, 1.54) is 0 Å². The molecule has 6 nitrogen and oxygen atoms in total. The number of esters is 1. The Morgan fingerprint density at radius 2 is 1.95 bits per heavy atom. The number of rotatable bonds is 5. The summed E-state index contributed by atoms with van der Waals surface area (Å²) in [4.78, 5) is 18.7. The van der Waals surface area contributed by atoms with E-state index in [-0.39, 0.29) is 12.0 Å². The molecule has 1 unspecified atom stereocenters. The zero-order valence-corrected chi connectivity index (χ0v) is 13.1. The van der Waals surface area contributed by atoms with Crippen molar-refractivity contribution in [3.05, 3.63) is 11.4 Å². The van der Waals surface area contributed by atoms with Crippen molar-refractivity contribution < 1.29 is 9.53 Å². The normalized spacial score (nSPS) is 18.6. The summed E-state index contributed by atoms with van der Waals surface area (Å²) in [6.07, 6.45) is 4.50. The van der Waals surface area contributed by atoms with Gasteiger partial charge < -0.3 is 9.64 Å². The molecule has 1 saturated heterocycles. The first kappa shape index (κ1) is 15.7. The SMILES string of the molecule is CCOC(=O)C1CCCCN1c1nnc(CC)c(CC)n1. The van der Waals surface area contributed by atoms with Crippen LogP contribution in [0.4, 0.5) is 5.95 Å².